The number of nitrogens with one attached hydrogen (secondary N) is 3. The minimum absolute atomic E-state index is 0.181. The second-order valence-corrected chi connectivity index (χ2v) is 8.57. The van der Waals surface area contributed by atoms with E-state index in [0.29, 0.717) is 37.0 Å². The number of hydrogen-bond acceptors (Lipinski definition) is 5. The van der Waals surface area contributed by atoms with Gasteiger partial charge >= 0.3 is 0 Å². The van der Waals surface area contributed by atoms with Gasteiger partial charge in [-0.3, -0.25) is 24.5 Å². The Bertz CT molecular complexity index is 972. The second kappa shape index (κ2) is 9.96. The number of carbonyl (C=O) groups excluding carboxylic acids is 4. The highest BCUT2D eigenvalue weighted by atomic mass is 16.2. The van der Waals surface area contributed by atoms with Crippen LogP contribution in [0.3, 0.4) is 0 Å². The molecule has 4 amide bonds. The molecule has 1 atom stereocenters. The fraction of sp³-hybridized carbons (Fsp3) is 0.500. The first-order chi connectivity index (χ1) is 15.6. The van der Waals surface area contributed by atoms with E-state index in [2.05, 4.69) is 27.8 Å². The lowest BCUT2D eigenvalue weighted by Crippen LogP contribution is -2.52. The maximum atomic E-state index is 12.9. The molecule has 1 saturated carbocycles. The minimum atomic E-state index is -0.616. The fourth-order valence-corrected chi connectivity index (χ4v) is 4.76. The van der Waals surface area contributed by atoms with Crippen molar-refractivity contribution in [2.75, 3.05) is 6.54 Å². The molecule has 0 bridgehead atoms. The molecule has 0 spiro atoms. The molecule has 32 heavy (non-hydrogen) atoms. The molecule has 1 saturated heterocycles. The molecule has 168 valence electrons. The Morgan fingerprint density at radius 2 is 1.88 bits per heavy atom. The molecular weight excluding hydrogens is 408 g/mol. The van der Waals surface area contributed by atoms with Crippen LogP contribution in [-0.2, 0) is 20.9 Å². The third kappa shape index (κ3) is 4.83. The van der Waals surface area contributed by atoms with Crippen LogP contribution in [-0.4, -0.2) is 53.7 Å². The van der Waals surface area contributed by atoms with Gasteiger partial charge in [-0.05, 0) is 49.8 Å². The van der Waals surface area contributed by atoms with E-state index in [-0.39, 0.29) is 18.2 Å². The molecule has 3 aliphatic rings. The number of carbonyl (C=O) groups is 4. The van der Waals surface area contributed by atoms with Crippen molar-refractivity contribution in [2.45, 2.75) is 69.6 Å². The van der Waals surface area contributed by atoms with Crippen molar-refractivity contribution in [3.05, 3.63) is 34.9 Å². The molecule has 1 aromatic rings. The summed E-state index contributed by atoms with van der Waals surface area (Å²) >= 11 is 0. The van der Waals surface area contributed by atoms with Crippen molar-refractivity contribution in [1.82, 2.24) is 20.9 Å². The van der Waals surface area contributed by atoms with Crippen molar-refractivity contribution < 1.29 is 19.2 Å². The first-order valence-corrected chi connectivity index (χ1v) is 11.3. The molecule has 0 radical (unpaired) electrons. The normalized spacial score (nSPS) is 24.9. The summed E-state index contributed by atoms with van der Waals surface area (Å²) in [5.74, 6) is 5.52. The molecule has 8 nitrogen and oxygen atoms in total. The van der Waals surface area contributed by atoms with Crippen molar-refractivity contribution in [3.8, 4) is 11.8 Å². The maximum absolute atomic E-state index is 12.9. The Morgan fingerprint density at radius 1 is 1.09 bits per heavy atom. The molecule has 2 fully saturated rings. The van der Waals surface area contributed by atoms with E-state index in [4.69, 9.17) is 0 Å². The Kier molecular flexibility index (Phi) is 6.86. The average Bonchev–Trinajstić information content (AvgIpc) is 3.12. The lowest BCUT2D eigenvalue weighted by Gasteiger charge is -2.29. The van der Waals surface area contributed by atoms with Crippen LogP contribution in [0.25, 0.3) is 0 Å². The predicted molar refractivity (Wildman–Crippen MR) is 117 cm³/mol. The number of fused-ring (bicyclic) bond motifs is 1. The smallest absolute Gasteiger partial charge is 0.255 e. The van der Waals surface area contributed by atoms with Gasteiger partial charge in [0, 0.05) is 49.1 Å². The van der Waals surface area contributed by atoms with Crippen molar-refractivity contribution in [3.63, 3.8) is 0 Å². The molecule has 2 aliphatic heterocycles. The van der Waals surface area contributed by atoms with Gasteiger partial charge in [-0.15, -0.1) is 0 Å². The number of amides is 4. The number of piperidine rings is 1. The molecule has 0 aromatic heterocycles. The maximum Gasteiger partial charge on any atom is 0.255 e. The zero-order valence-corrected chi connectivity index (χ0v) is 18.0. The van der Waals surface area contributed by atoms with Crippen molar-refractivity contribution >= 4 is 24.1 Å². The van der Waals surface area contributed by atoms with Gasteiger partial charge in [-0.2, -0.15) is 0 Å². The van der Waals surface area contributed by atoms with Crippen LogP contribution in [0.5, 0.6) is 0 Å². The summed E-state index contributed by atoms with van der Waals surface area (Å²) in [5.41, 5.74) is 2.25. The monoisotopic (exact) mass is 436 g/mol. The Morgan fingerprint density at radius 3 is 2.62 bits per heavy atom. The van der Waals surface area contributed by atoms with Gasteiger partial charge in [0.05, 0.1) is 0 Å². The van der Waals surface area contributed by atoms with Gasteiger partial charge in [-0.25, -0.2) is 0 Å². The van der Waals surface area contributed by atoms with Crippen LogP contribution in [0, 0.1) is 11.8 Å². The number of benzene rings is 1. The Labute approximate surface area is 187 Å². The van der Waals surface area contributed by atoms with Gasteiger partial charge in [0.25, 0.3) is 5.91 Å². The highest BCUT2D eigenvalue weighted by molar-refractivity contribution is 6.05. The first kappa shape index (κ1) is 22.0. The highest BCUT2D eigenvalue weighted by Crippen LogP contribution is 2.29. The molecule has 1 aliphatic carbocycles. The van der Waals surface area contributed by atoms with Crippen molar-refractivity contribution in [1.29, 1.82) is 0 Å². The minimum Gasteiger partial charge on any atom is -0.356 e. The van der Waals surface area contributed by atoms with E-state index in [9.17, 15) is 19.2 Å². The zero-order valence-electron chi connectivity index (χ0n) is 18.0. The van der Waals surface area contributed by atoms with Crippen LogP contribution in [0.15, 0.2) is 18.2 Å². The average molecular weight is 437 g/mol. The first-order valence-electron chi connectivity index (χ1n) is 11.3. The summed E-state index contributed by atoms with van der Waals surface area (Å²) < 4.78 is 0. The number of imide groups is 1. The SMILES string of the molecule is O=CNC1CCC(NCCC#Cc2cccc3c2CN(C2CCC(=O)NC2=O)C3=O)CC1. The molecule has 4 rings (SSSR count). The fourth-order valence-electron chi connectivity index (χ4n) is 4.76. The predicted octanol–water partition coefficient (Wildman–Crippen LogP) is 0.836. The van der Waals surface area contributed by atoms with E-state index >= 15 is 0 Å². The zero-order chi connectivity index (χ0) is 22.5. The molecule has 8 heteroatoms. The van der Waals surface area contributed by atoms with E-state index in [1.807, 2.05) is 12.1 Å². The van der Waals surface area contributed by atoms with Crippen molar-refractivity contribution in [2.24, 2.45) is 0 Å². The molecule has 3 N–H and O–H groups in total. The number of hydrogen-bond donors (Lipinski definition) is 3. The lowest BCUT2D eigenvalue weighted by atomic mass is 9.91. The third-order valence-electron chi connectivity index (χ3n) is 6.52. The summed E-state index contributed by atoms with van der Waals surface area (Å²) in [5, 5.41) is 8.72. The van der Waals surface area contributed by atoms with E-state index in [1.54, 1.807) is 11.0 Å². The molecule has 1 unspecified atom stereocenters. The molecule has 2 heterocycles. The van der Waals surface area contributed by atoms with Crippen LogP contribution >= 0.6 is 0 Å². The lowest BCUT2D eigenvalue weighted by molar-refractivity contribution is -0.136. The third-order valence-corrected chi connectivity index (χ3v) is 6.52. The quantitative estimate of drug-likeness (QED) is 0.265. The molecular formula is C24H28N4O4. The van der Waals surface area contributed by atoms with Crippen LogP contribution in [0.2, 0.25) is 0 Å². The Balaban J connectivity index is 1.32. The highest BCUT2D eigenvalue weighted by Gasteiger charge is 2.39. The topological polar surface area (TPSA) is 108 Å². The molecule has 1 aromatic carbocycles. The number of nitrogens with zero attached hydrogens (tertiary/aromatic N) is 1. The second-order valence-electron chi connectivity index (χ2n) is 8.57. The van der Waals surface area contributed by atoms with Crippen LogP contribution in [0.1, 0.15) is 66.4 Å². The Hall–Kier alpha value is -3.18. The van der Waals surface area contributed by atoms with Crippen LogP contribution < -0.4 is 16.0 Å². The largest absolute Gasteiger partial charge is 0.356 e. The van der Waals surface area contributed by atoms with Crippen LogP contribution in [0.4, 0.5) is 0 Å². The summed E-state index contributed by atoms with van der Waals surface area (Å²) in [6.45, 7) is 1.13. The van der Waals surface area contributed by atoms with E-state index in [0.717, 1.165) is 49.8 Å². The van der Waals surface area contributed by atoms with Gasteiger partial charge in [-0.1, -0.05) is 17.9 Å². The standard InChI is InChI=1S/C24H28N4O4/c29-15-26-18-9-7-17(8-10-18)25-13-2-1-4-16-5-3-6-19-20(16)14-28(24(19)32)21-11-12-22(30)27-23(21)31/h3,5-6,15,17-18,21,25H,2,7-14H2,(H,26,29)(H,27,30,31). The number of rotatable bonds is 6. The van der Waals surface area contributed by atoms with Gasteiger partial charge in [0.1, 0.15) is 6.04 Å². The summed E-state index contributed by atoms with van der Waals surface area (Å²) in [6.07, 6.45) is 6.15. The van der Waals surface area contributed by atoms with Gasteiger partial charge in [0.2, 0.25) is 18.2 Å². The summed E-state index contributed by atoms with van der Waals surface area (Å²) in [6, 6.07) is 5.64. The van der Waals surface area contributed by atoms with E-state index < -0.39 is 11.9 Å². The van der Waals surface area contributed by atoms with Gasteiger partial charge in [0.15, 0.2) is 0 Å². The van der Waals surface area contributed by atoms with Gasteiger partial charge < -0.3 is 15.5 Å². The summed E-state index contributed by atoms with van der Waals surface area (Å²) in [7, 11) is 0. The van der Waals surface area contributed by atoms with E-state index in [1.165, 1.54) is 0 Å². The summed E-state index contributed by atoms with van der Waals surface area (Å²) in [4.78, 5) is 48.6.